The van der Waals surface area contributed by atoms with Crippen molar-refractivity contribution in [3.8, 4) is 5.75 Å². The Kier molecular flexibility index (Phi) is 3.58. The van der Waals surface area contributed by atoms with Crippen LogP contribution in [0.15, 0.2) is 42.1 Å². The van der Waals surface area contributed by atoms with E-state index in [0.29, 0.717) is 5.92 Å². The molecule has 3 aliphatic heterocycles. The van der Waals surface area contributed by atoms with Gasteiger partial charge in [-0.15, -0.1) is 0 Å². The minimum atomic E-state index is -0.552. The highest BCUT2D eigenvalue weighted by Crippen LogP contribution is 2.41. The van der Waals surface area contributed by atoms with E-state index in [1.54, 1.807) is 24.4 Å². The standard InChI is InChI=1S/C19H22N2O2/c1-2-12-11-21-8-6-13(12)9-18(21)19(23)15-5-7-20-17-4-3-14(22)10-16(15)17/h2-5,7,10,13,18-19,22-23H,6,8-9,11H2,1H3/b12-2+/t13-,18+,19+/m0/s1. The van der Waals surface area contributed by atoms with Crippen LogP contribution in [0.5, 0.6) is 5.75 Å². The number of hydrogen-bond acceptors (Lipinski definition) is 4. The zero-order chi connectivity index (χ0) is 16.0. The molecular weight excluding hydrogens is 288 g/mol. The van der Waals surface area contributed by atoms with E-state index < -0.39 is 6.10 Å². The van der Waals surface area contributed by atoms with Gasteiger partial charge in [0.25, 0.3) is 0 Å². The largest absolute Gasteiger partial charge is 0.508 e. The number of hydrogen-bond donors (Lipinski definition) is 2. The highest BCUT2D eigenvalue weighted by atomic mass is 16.3. The summed E-state index contributed by atoms with van der Waals surface area (Å²) in [5, 5.41) is 21.7. The number of aliphatic hydroxyl groups excluding tert-OH is 1. The summed E-state index contributed by atoms with van der Waals surface area (Å²) in [6.07, 6.45) is 5.62. The van der Waals surface area contributed by atoms with Crippen LogP contribution in [-0.4, -0.2) is 39.2 Å². The number of aromatic hydroxyl groups is 1. The number of aromatic nitrogens is 1. The summed E-state index contributed by atoms with van der Waals surface area (Å²) in [6.45, 7) is 4.14. The molecule has 3 aliphatic rings. The zero-order valence-electron chi connectivity index (χ0n) is 13.3. The van der Waals surface area contributed by atoms with Gasteiger partial charge in [-0.2, -0.15) is 0 Å². The van der Waals surface area contributed by atoms with Gasteiger partial charge < -0.3 is 10.2 Å². The van der Waals surface area contributed by atoms with Gasteiger partial charge >= 0.3 is 0 Å². The van der Waals surface area contributed by atoms with Crippen LogP contribution in [0.3, 0.4) is 0 Å². The molecule has 2 aromatic rings. The third kappa shape index (κ3) is 2.42. The lowest BCUT2D eigenvalue weighted by molar-refractivity contribution is -0.00340. The molecule has 4 nitrogen and oxygen atoms in total. The molecule has 0 spiro atoms. The third-order valence-electron chi connectivity index (χ3n) is 5.48. The average Bonchev–Trinajstić information content (AvgIpc) is 2.60. The lowest BCUT2D eigenvalue weighted by Crippen LogP contribution is -2.52. The number of phenolic OH excluding ortho intramolecular Hbond substituents is 1. The van der Waals surface area contributed by atoms with E-state index in [2.05, 4.69) is 22.9 Å². The smallest absolute Gasteiger partial charge is 0.116 e. The molecule has 1 aromatic heterocycles. The molecule has 2 N–H and O–H groups in total. The molecule has 2 bridgehead atoms. The monoisotopic (exact) mass is 310 g/mol. The normalized spacial score (nSPS) is 30.0. The van der Waals surface area contributed by atoms with Crippen LogP contribution >= 0.6 is 0 Å². The predicted molar refractivity (Wildman–Crippen MR) is 90.2 cm³/mol. The molecule has 3 fully saturated rings. The van der Waals surface area contributed by atoms with E-state index in [1.165, 1.54) is 12.0 Å². The summed E-state index contributed by atoms with van der Waals surface area (Å²) in [5.41, 5.74) is 3.19. The van der Waals surface area contributed by atoms with E-state index in [0.717, 1.165) is 36.0 Å². The van der Waals surface area contributed by atoms with E-state index in [4.69, 9.17) is 0 Å². The number of piperidine rings is 3. The molecule has 3 saturated heterocycles. The van der Waals surface area contributed by atoms with Gasteiger partial charge in [0.15, 0.2) is 0 Å². The predicted octanol–water partition coefficient (Wildman–Crippen LogP) is 3.01. The number of nitrogens with zero attached hydrogens (tertiary/aromatic N) is 2. The fourth-order valence-electron chi connectivity index (χ4n) is 4.22. The lowest BCUT2D eigenvalue weighted by Gasteiger charge is -2.48. The number of pyridine rings is 1. The van der Waals surface area contributed by atoms with E-state index in [9.17, 15) is 10.2 Å². The summed E-state index contributed by atoms with van der Waals surface area (Å²) in [7, 11) is 0. The highest BCUT2D eigenvalue weighted by molar-refractivity contribution is 5.83. The minimum absolute atomic E-state index is 0.144. The molecule has 0 aliphatic carbocycles. The van der Waals surface area contributed by atoms with Gasteiger partial charge in [0.2, 0.25) is 0 Å². The summed E-state index contributed by atoms with van der Waals surface area (Å²) < 4.78 is 0. The molecule has 1 unspecified atom stereocenters. The van der Waals surface area contributed by atoms with Crippen molar-refractivity contribution < 1.29 is 10.2 Å². The van der Waals surface area contributed by atoms with Crippen molar-refractivity contribution in [2.75, 3.05) is 13.1 Å². The molecule has 4 heteroatoms. The fourth-order valence-corrected chi connectivity index (χ4v) is 4.22. The van der Waals surface area contributed by atoms with Crippen molar-refractivity contribution in [2.24, 2.45) is 5.92 Å². The summed E-state index contributed by atoms with van der Waals surface area (Å²) in [5.74, 6) is 0.812. The van der Waals surface area contributed by atoms with E-state index in [-0.39, 0.29) is 11.8 Å². The molecule has 0 amide bonds. The van der Waals surface area contributed by atoms with Crippen LogP contribution in [0.4, 0.5) is 0 Å². The van der Waals surface area contributed by atoms with Gasteiger partial charge in [0.1, 0.15) is 5.75 Å². The van der Waals surface area contributed by atoms with Gasteiger partial charge in [-0.25, -0.2) is 0 Å². The number of phenols is 1. The van der Waals surface area contributed by atoms with E-state index in [1.807, 2.05) is 6.07 Å². The van der Waals surface area contributed by atoms with Crippen molar-refractivity contribution in [3.63, 3.8) is 0 Å². The van der Waals surface area contributed by atoms with Crippen LogP contribution in [0.2, 0.25) is 0 Å². The summed E-state index contributed by atoms with van der Waals surface area (Å²) >= 11 is 0. The first-order valence-corrected chi connectivity index (χ1v) is 8.32. The van der Waals surface area contributed by atoms with Gasteiger partial charge in [-0.3, -0.25) is 9.88 Å². The van der Waals surface area contributed by atoms with Crippen LogP contribution in [0, 0.1) is 5.92 Å². The van der Waals surface area contributed by atoms with Gasteiger partial charge in [-0.05, 0) is 62.1 Å². The highest BCUT2D eigenvalue weighted by Gasteiger charge is 2.40. The number of fused-ring (bicyclic) bond motifs is 4. The first kappa shape index (κ1) is 14.7. The molecular formula is C19H22N2O2. The van der Waals surface area contributed by atoms with E-state index >= 15 is 0 Å². The fraction of sp³-hybridized carbons (Fsp3) is 0.421. The van der Waals surface area contributed by atoms with Gasteiger partial charge in [0.05, 0.1) is 11.6 Å². The average molecular weight is 310 g/mol. The first-order valence-electron chi connectivity index (χ1n) is 8.32. The van der Waals surface area contributed by atoms with Crippen molar-refractivity contribution in [3.05, 3.63) is 47.7 Å². The van der Waals surface area contributed by atoms with Crippen LogP contribution in [-0.2, 0) is 0 Å². The lowest BCUT2D eigenvalue weighted by atomic mass is 9.76. The Labute approximate surface area is 136 Å². The Morgan fingerprint density at radius 1 is 1.35 bits per heavy atom. The van der Waals surface area contributed by atoms with Crippen molar-refractivity contribution in [2.45, 2.75) is 31.9 Å². The maximum atomic E-state index is 11.0. The molecule has 4 heterocycles. The zero-order valence-corrected chi connectivity index (χ0v) is 13.3. The minimum Gasteiger partial charge on any atom is -0.508 e. The summed E-state index contributed by atoms with van der Waals surface area (Å²) in [4.78, 5) is 6.74. The van der Waals surface area contributed by atoms with Crippen LogP contribution < -0.4 is 0 Å². The Morgan fingerprint density at radius 2 is 2.22 bits per heavy atom. The topological polar surface area (TPSA) is 56.6 Å². The molecule has 4 atom stereocenters. The van der Waals surface area contributed by atoms with Gasteiger partial charge in [-0.1, -0.05) is 11.6 Å². The molecule has 23 heavy (non-hydrogen) atoms. The number of rotatable bonds is 2. The number of benzene rings is 1. The Bertz CT molecular complexity index is 771. The molecule has 0 radical (unpaired) electrons. The quantitative estimate of drug-likeness (QED) is 0.837. The Hall–Kier alpha value is -1.91. The first-order chi connectivity index (χ1) is 11.2. The number of allylic oxidation sites excluding steroid dienone is 1. The second-order valence-electron chi connectivity index (χ2n) is 6.67. The van der Waals surface area contributed by atoms with Crippen LogP contribution in [0.1, 0.15) is 31.4 Å². The Morgan fingerprint density at radius 3 is 2.96 bits per heavy atom. The second-order valence-corrected chi connectivity index (χ2v) is 6.67. The molecule has 120 valence electrons. The maximum Gasteiger partial charge on any atom is 0.116 e. The van der Waals surface area contributed by atoms with Gasteiger partial charge in [0, 0.05) is 24.2 Å². The van der Waals surface area contributed by atoms with Crippen LogP contribution in [0.25, 0.3) is 10.9 Å². The van der Waals surface area contributed by atoms with Crippen molar-refractivity contribution in [1.82, 2.24) is 9.88 Å². The Balaban J connectivity index is 1.70. The molecule has 1 aromatic carbocycles. The molecule has 0 saturated carbocycles. The molecule has 5 rings (SSSR count). The third-order valence-corrected chi connectivity index (χ3v) is 5.48. The summed E-state index contributed by atoms with van der Waals surface area (Å²) in [6, 6.07) is 7.16. The van der Waals surface area contributed by atoms with Crippen molar-refractivity contribution >= 4 is 10.9 Å². The van der Waals surface area contributed by atoms with Crippen molar-refractivity contribution in [1.29, 1.82) is 0 Å². The second kappa shape index (κ2) is 5.62. The number of aliphatic hydroxyl groups is 1. The maximum absolute atomic E-state index is 11.0. The SMILES string of the molecule is C/C=C1\CN2CC[C@H]1C[C@@H]2[C@H](O)c1ccnc2ccc(O)cc12.